The quantitative estimate of drug-likeness (QED) is 0.0533. The number of halogens is 5. The lowest BCUT2D eigenvalue weighted by molar-refractivity contribution is -0.130. The monoisotopic (exact) mass is 1280 g/mol. The molecule has 0 radical (unpaired) electrons. The maximum Gasteiger partial charge on any atom is 0.282 e. The van der Waals surface area contributed by atoms with Crippen molar-refractivity contribution in [3.05, 3.63) is 187 Å². The summed E-state index contributed by atoms with van der Waals surface area (Å²) in [6.45, 7) is 18.5. The summed E-state index contributed by atoms with van der Waals surface area (Å²) in [7, 11) is 0. The van der Waals surface area contributed by atoms with Crippen molar-refractivity contribution in [1.82, 2.24) is 4.90 Å². The van der Waals surface area contributed by atoms with Crippen molar-refractivity contribution < 1.29 is 47.6 Å². The molecule has 0 saturated heterocycles. The van der Waals surface area contributed by atoms with Crippen LogP contribution in [0.4, 0.5) is 0 Å². The number of para-hydroxylation sites is 2. The minimum absolute atomic E-state index is 0.0195. The lowest BCUT2D eigenvalue weighted by atomic mass is 10.00. The molecule has 424 valence electrons. The minimum Gasteiger partial charge on any atom is -0.488 e. The van der Waals surface area contributed by atoms with Crippen LogP contribution in [-0.4, -0.2) is 109 Å². The van der Waals surface area contributed by atoms with Crippen LogP contribution in [0.5, 0.6) is 23.0 Å². The van der Waals surface area contributed by atoms with Crippen molar-refractivity contribution in [2.45, 2.75) is 78.3 Å². The number of aliphatic imine (C=N–C) groups is 2. The second-order valence-electron chi connectivity index (χ2n) is 18.8. The van der Waals surface area contributed by atoms with Gasteiger partial charge in [-0.1, -0.05) is 68.2 Å². The highest BCUT2D eigenvalue weighted by molar-refractivity contribution is 9.11. The van der Waals surface area contributed by atoms with Gasteiger partial charge in [-0.2, -0.15) is 0 Å². The molecular weight excluding hydrogens is 1210 g/mol. The second-order valence-corrected chi connectivity index (χ2v) is 21.7. The van der Waals surface area contributed by atoms with Crippen LogP contribution >= 0.6 is 66.7 Å². The van der Waals surface area contributed by atoms with E-state index < -0.39 is 16.4 Å². The number of hydrogen-bond acceptors (Lipinski definition) is 14. The van der Waals surface area contributed by atoms with E-state index in [1.165, 1.54) is 19.6 Å². The topological polar surface area (TPSA) is 178 Å². The predicted octanol–water partition coefficient (Wildman–Crippen LogP) is 13.7. The van der Waals surface area contributed by atoms with Gasteiger partial charge in [-0.3, -0.25) is 24.2 Å². The third-order valence-corrected chi connectivity index (χ3v) is 14.3. The predicted molar refractivity (Wildman–Crippen MR) is 324 cm³/mol. The Morgan fingerprint density at radius 2 is 0.950 bits per heavy atom. The number of nitrogens with zero attached hydrogens (tertiary/aromatic N) is 3. The van der Waals surface area contributed by atoms with Crippen molar-refractivity contribution in [1.29, 1.82) is 0 Å². The Hall–Kier alpha value is -6.27. The highest BCUT2D eigenvalue weighted by Gasteiger charge is 2.34. The van der Waals surface area contributed by atoms with Crippen LogP contribution in [0.1, 0.15) is 86.7 Å². The van der Waals surface area contributed by atoms with E-state index in [0.29, 0.717) is 76.0 Å². The van der Waals surface area contributed by atoms with Gasteiger partial charge in [0.25, 0.3) is 11.3 Å². The largest absolute Gasteiger partial charge is 0.488 e. The summed E-state index contributed by atoms with van der Waals surface area (Å²) in [5.74, 6) is 2.43. The van der Waals surface area contributed by atoms with Crippen LogP contribution in [-0.2, 0) is 19.1 Å². The molecule has 2 atom stereocenters. The van der Waals surface area contributed by atoms with Gasteiger partial charge >= 0.3 is 0 Å². The maximum absolute atomic E-state index is 13.0. The molecule has 2 aliphatic rings. The number of nitrogens with two attached hydrogens (primary N) is 1. The van der Waals surface area contributed by atoms with Crippen LogP contribution in [0.15, 0.2) is 165 Å². The molecule has 19 heteroatoms. The Kier molecular flexibility index (Phi) is 25.5. The Bertz CT molecular complexity index is 3040. The summed E-state index contributed by atoms with van der Waals surface area (Å²) >= 11 is 24.0. The number of benzene rings is 6. The van der Waals surface area contributed by atoms with Gasteiger partial charge in [-0.05, 0) is 212 Å². The van der Waals surface area contributed by atoms with Crippen molar-refractivity contribution >= 4 is 101 Å². The molecule has 0 spiro atoms. The summed E-state index contributed by atoms with van der Waals surface area (Å²) in [5.41, 5.74) is 5.27. The molecule has 2 unspecified atom stereocenters. The SMILES string of the molecule is CC(C)(Oc1ccc(C(=O)c2ccc(Cl)cc2)cc1)C(=O)CC1=NCC(COc2ccccc2Br)O1.CC(C)(Oc1ccc(C(=O)c2ccc(Cl)cc2)cc1)C(=O)Cl.CCN(CC)CC.NC1=NCC(COc2ccccc2Br)O1. The first-order chi connectivity index (χ1) is 38.1. The number of carbonyl (C=O) groups excluding carboxylic acids is 4. The zero-order valence-electron chi connectivity index (χ0n) is 45.6. The maximum atomic E-state index is 13.0. The molecule has 2 heterocycles. The smallest absolute Gasteiger partial charge is 0.282 e. The molecule has 0 aliphatic carbocycles. The number of carbonyl (C=O) groups is 4. The number of amidine groups is 1. The van der Waals surface area contributed by atoms with Crippen molar-refractivity contribution in [2.75, 3.05) is 45.9 Å². The van der Waals surface area contributed by atoms with E-state index in [1.807, 2.05) is 48.5 Å². The van der Waals surface area contributed by atoms with Crippen molar-refractivity contribution in [3.8, 4) is 23.0 Å². The van der Waals surface area contributed by atoms with Crippen LogP contribution < -0.4 is 24.7 Å². The molecule has 0 amide bonds. The number of Topliss-reactive ketones (excluding diaryl/α,β-unsaturated/α-hetero) is 1. The molecule has 2 N–H and O–H groups in total. The molecule has 14 nitrogen and oxygen atoms in total. The van der Waals surface area contributed by atoms with Crippen LogP contribution in [0, 0.1) is 0 Å². The zero-order valence-corrected chi connectivity index (χ0v) is 51.0. The highest BCUT2D eigenvalue weighted by Crippen LogP contribution is 2.28. The van der Waals surface area contributed by atoms with Crippen LogP contribution in [0.25, 0.3) is 0 Å². The van der Waals surface area contributed by atoms with E-state index >= 15 is 0 Å². The average molecular weight is 1280 g/mol. The molecule has 8 rings (SSSR count). The fourth-order valence-electron chi connectivity index (χ4n) is 7.26. The first kappa shape index (κ1) is 64.5. The molecule has 0 bridgehead atoms. The Balaban J connectivity index is 0.000000226. The summed E-state index contributed by atoms with van der Waals surface area (Å²) in [6.07, 6.45) is -0.308. The standard InChI is InChI=1S/C28H25BrClNO5.C17H14Cl2O3.C10H11BrN2O2.C6H15N/c1-28(2,36-21-13-9-19(10-14-21)27(33)18-7-11-20(30)12-8-18)25(32)15-26-31-16-22(35-26)17-34-24-6-4-3-5-23(24)29;1-17(2,16(19)21)22-14-9-5-12(6-10-14)15(20)11-3-7-13(18)8-4-11;11-8-3-1-2-4-9(8)14-6-7-5-13-10(12)15-7;1-4-7(5-2)6-3/h3-14,22H,15-17H2,1-2H3;3-10H,1-2H3;1-4,7H,5-6H2,(H2,12,13);4-6H2,1-3H3. The normalized spacial score (nSPS) is 14.4. The summed E-state index contributed by atoms with van der Waals surface area (Å²) in [6, 6.07) is 42.1. The minimum atomic E-state index is -1.12. The summed E-state index contributed by atoms with van der Waals surface area (Å²) in [4.78, 5) is 59.8. The second kappa shape index (κ2) is 31.7. The number of ketones is 3. The Labute approximate surface area is 500 Å². The molecule has 0 aromatic heterocycles. The first-order valence-electron chi connectivity index (χ1n) is 25.7. The van der Waals surface area contributed by atoms with Gasteiger partial charge in [-0.25, -0.2) is 4.99 Å². The van der Waals surface area contributed by atoms with E-state index in [-0.39, 0.29) is 42.0 Å². The van der Waals surface area contributed by atoms with Crippen LogP contribution in [0.3, 0.4) is 0 Å². The Morgan fingerprint density at radius 1 is 0.575 bits per heavy atom. The van der Waals surface area contributed by atoms with E-state index in [9.17, 15) is 19.2 Å². The van der Waals surface area contributed by atoms with Gasteiger partial charge in [0.1, 0.15) is 36.2 Å². The van der Waals surface area contributed by atoms with E-state index in [0.717, 1.165) is 20.4 Å². The number of hydrogen-bond donors (Lipinski definition) is 1. The summed E-state index contributed by atoms with van der Waals surface area (Å²) < 4.78 is 35.6. The lowest BCUT2D eigenvalue weighted by Crippen LogP contribution is -2.39. The number of ether oxygens (including phenoxy) is 6. The van der Waals surface area contributed by atoms with E-state index in [2.05, 4.69) is 67.5 Å². The molecule has 2 aliphatic heterocycles. The van der Waals surface area contributed by atoms with Crippen molar-refractivity contribution in [3.63, 3.8) is 0 Å². The van der Waals surface area contributed by atoms with Crippen LogP contribution in [0.2, 0.25) is 10.0 Å². The molecule has 80 heavy (non-hydrogen) atoms. The highest BCUT2D eigenvalue weighted by atomic mass is 79.9. The van der Waals surface area contributed by atoms with Gasteiger partial charge in [0.2, 0.25) is 0 Å². The van der Waals surface area contributed by atoms with Crippen molar-refractivity contribution in [2.24, 2.45) is 15.7 Å². The Morgan fingerprint density at radius 3 is 1.31 bits per heavy atom. The van der Waals surface area contributed by atoms with Gasteiger partial charge < -0.3 is 39.1 Å². The fraction of sp³-hybridized carbons (Fsp3) is 0.311. The van der Waals surface area contributed by atoms with Gasteiger partial charge in [0.05, 0.1) is 28.5 Å². The fourth-order valence-corrected chi connectivity index (χ4v) is 8.35. The molecule has 0 saturated carbocycles. The molecular formula is C61H65Br2Cl3N4O10. The number of rotatable bonds is 21. The third kappa shape index (κ3) is 20.7. The van der Waals surface area contributed by atoms with Gasteiger partial charge in [0, 0.05) is 32.3 Å². The van der Waals surface area contributed by atoms with E-state index in [1.54, 1.807) is 125 Å². The first-order valence-corrected chi connectivity index (χ1v) is 28.4. The van der Waals surface area contributed by atoms with Gasteiger partial charge in [0.15, 0.2) is 46.7 Å². The van der Waals surface area contributed by atoms with Gasteiger partial charge in [-0.15, -0.1) is 0 Å². The molecule has 6 aromatic carbocycles. The lowest BCUT2D eigenvalue weighted by Gasteiger charge is -2.25. The summed E-state index contributed by atoms with van der Waals surface area (Å²) in [5, 5.41) is 0.558. The zero-order chi connectivity index (χ0) is 58.4. The third-order valence-electron chi connectivity index (χ3n) is 12.0. The average Bonchev–Trinajstić information content (AvgIpc) is 4.11. The van der Waals surface area contributed by atoms with E-state index in [4.69, 9.17) is 69.0 Å². The molecule has 6 aromatic rings. The molecule has 0 fully saturated rings.